The number of carbonyl (C=O) groups is 2. The van der Waals surface area contributed by atoms with Gasteiger partial charge >= 0.3 is 11.9 Å². The van der Waals surface area contributed by atoms with E-state index in [4.69, 9.17) is 0 Å². The Morgan fingerprint density at radius 1 is 0.579 bits per heavy atom. The van der Waals surface area contributed by atoms with Gasteiger partial charge in [-0.15, -0.1) is 0 Å². The molecule has 0 aliphatic carbocycles. The van der Waals surface area contributed by atoms with E-state index in [1.54, 1.807) is 0 Å². The van der Waals surface area contributed by atoms with E-state index in [9.17, 15) is 9.59 Å². The van der Waals surface area contributed by atoms with Crippen molar-refractivity contribution < 1.29 is 19.1 Å². The van der Waals surface area contributed by atoms with Crippen LogP contribution in [0.25, 0.3) is 0 Å². The number of ether oxygens (including phenoxy) is 2. The van der Waals surface area contributed by atoms with Gasteiger partial charge in [-0.05, 0) is 12.8 Å². The molecule has 0 fully saturated rings. The molecule has 0 amide bonds. The zero-order chi connectivity index (χ0) is 14.3. The summed E-state index contributed by atoms with van der Waals surface area (Å²) in [5.41, 5.74) is 0. The molecule has 0 bridgehead atoms. The molecule has 0 aliphatic rings. The second kappa shape index (κ2) is 13.4. The van der Waals surface area contributed by atoms with E-state index in [0.717, 1.165) is 25.7 Å². The smallest absolute Gasteiger partial charge is 0.305 e. The van der Waals surface area contributed by atoms with Crippen LogP contribution < -0.4 is 0 Å². The number of hydrogen-bond donors (Lipinski definition) is 0. The maximum atomic E-state index is 10.9. The normalized spacial score (nSPS) is 10.2. The van der Waals surface area contributed by atoms with Crippen LogP contribution in [-0.2, 0) is 19.1 Å². The minimum atomic E-state index is -0.106. The van der Waals surface area contributed by atoms with Crippen LogP contribution in [0.3, 0.4) is 0 Å². The minimum Gasteiger partial charge on any atom is -0.469 e. The summed E-state index contributed by atoms with van der Waals surface area (Å²) in [6, 6.07) is 0. The maximum absolute atomic E-state index is 10.9. The fourth-order valence-corrected chi connectivity index (χ4v) is 1.98. The molecule has 112 valence electrons. The highest BCUT2D eigenvalue weighted by molar-refractivity contribution is 5.69. The Balaban J connectivity index is 3.07. The van der Waals surface area contributed by atoms with Crippen LogP contribution in [0.1, 0.15) is 70.6 Å². The summed E-state index contributed by atoms with van der Waals surface area (Å²) in [5, 5.41) is 0. The van der Waals surface area contributed by atoms with E-state index >= 15 is 0 Å². The molecule has 0 atom stereocenters. The highest BCUT2D eigenvalue weighted by Gasteiger charge is 2.00. The maximum Gasteiger partial charge on any atom is 0.305 e. The van der Waals surface area contributed by atoms with Crippen molar-refractivity contribution in [2.45, 2.75) is 70.6 Å². The summed E-state index contributed by atoms with van der Waals surface area (Å²) >= 11 is 0. The lowest BCUT2D eigenvalue weighted by molar-refractivity contribution is -0.141. The Hall–Kier alpha value is -1.06. The van der Waals surface area contributed by atoms with Crippen LogP contribution in [0.2, 0.25) is 0 Å². The fourth-order valence-electron chi connectivity index (χ4n) is 1.98. The molecule has 19 heavy (non-hydrogen) atoms. The molecule has 0 radical (unpaired) electrons. The van der Waals surface area contributed by atoms with Crippen molar-refractivity contribution in [3.8, 4) is 0 Å². The van der Waals surface area contributed by atoms with E-state index in [2.05, 4.69) is 9.47 Å². The van der Waals surface area contributed by atoms with Gasteiger partial charge < -0.3 is 9.47 Å². The third-order valence-corrected chi connectivity index (χ3v) is 3.22. The van der Waals surface area contributed by atoms with E-state index in [0.29, 0.717) is 12.8 Å². The number of carbonyl (C=O) groups excluding carboxylic acids is 2. The van der Waals surface area contributed by atoms with E-state index in [1.807, 2.05) is 0 Å². The summed E-state index contributed by atoms with van der Waals surface area (Å²) in [6.07, 6.45) is 11.3. The topological polar surface area (TPSA) is 52.6 Å². The lowest BCUT2D eigenvalue weighted by Crippen LogP contribution is -1.99. The Bertz CT molecular complexity index is 214. The Kier molecular flexibility index (Phi) is 12.6. The molecule has 0 aliphatic heterocycles. The fraction of sp³-hybridized carbons (Fsp3) is 0.867. The van der Waals surface area contributed by atoms with Crippen LogP contribution in [0.5, 0.6) is 0 Å². The lowest BCUT2D eigenvalue weighted by Gasteiger charge is -2.02. The first kappa shape index (κ1) is 17.9. The third-order valence-electron chi connectivity index (χ3n) is 3.22. The number of unbranched alkanes of at least 4 members (excludes halogenated alkanes) is 8. The molecule has 0 rings (SSSR count). The van der Waals surface area contributed by atoms with Crippen LogP contribution >= 0.6 is 0 Å². The SMILES string of the molecule is COC(=O)CCCCCCCCCCCC(=O)OC. The molecule has 0 unspecified atom stereocenters. The molecule has 0 spiro atoms. The average molecular weight is 272 g/mol. The summed E-state index contributed by atoms with van der Waals surface area (Å²) < 4.78 is 9.17. The number of hydrogen-bond acceptors (Lipinski definition) is 4. The number of methoxy groups -OCH3 is 2. The van der Waals surface area contributed by atoms with Gasteiger partial charge in [0, 0.05) is 12.8 Å². The summed E-state index contributed by atoms with van der Waals surface area (Å²) in [7, 11) is 2.87. The van der Waals surface area contributed by atoms with Gasteiger partial charge in [-0.2, -0.15) is 0 Å². The highest BCUT2D eigenvalue weighted by atomic mass is 16.5. The first-order valence-electron chi connectivity index (χ1n) is 7.34. The second-order valence-corrected chi connectivity index (χ2v) is 4.83. The van der Waals surface area contributed by atoms with Crippen molar-refractivity contribution in [1.29, 1.82) is 0 Å². The van der Waals surface area contributed by atoms with Gasteiger partial charge in [-0.25, -0.2) is 0 Å². The van der Waals surface area contributed by atoms with Gasteiger partial charge in [0.1, 0.15) is 0 Å². The molecule has 0 saturated carbocycles. The molecule has 0 aromatic heterocycles. The summed E-state index contributed by atoms with van der Waals surface area (Å²) in [5.74, 6) is -0.212. The Morgan fingerprint density at radius 2 is 0.842 bits per heavy atom. The predicted molar refractivity (Wildman–Crippen MR) is 74.8 cm³/mol. The second-order valence-electron chi connectivity index (χ2n) is 4.83. The van der Waals surface area contributed by atoms with Gasteiger partial charge in [0.25, 0.3) is 0 Å². The van der Waals surface area contributed by atoms with Crippen molar-refractivity contribution in [3.63, 3.8) is 0 Å². The van der Waals surface area contributed by atoms with Crippen LogP contribution in [0.15, 0.2) is 0 Å². The van der Waals surface area contributed by atoms with Crippen LogP contribution in [0.4, 0.5) is 0 Å². The molecule has 0 N–H and O–H groups in total. The van der Waals surface area contributed by atoms with Crippen molar-refractivity contribution >= 4 is 11.9 Å². The Labute approximate surface area is 116 Å². The van der Waals surface area contributed by atoms with Gasteiger partial charge in [0.2, 0.25) is 0 Å². The van der Waals surface area contributed by atoms with E-state index in [1.165, 1.54) is 46.3 Å². The zero-order valence-electron chi connectivity index (χ0n) is 12.4. The standard InChI is InChI=1S/C15H28O4/c1-18-14(16)12-10-8-6-4-3-5-7-9-11-13-15(17)19-2/h3-13H2,1-2H3. The van der Waals surface area contributed by atoms with Crippen molar-refractivity contribution in [2.75, 3.05) is 14.2 Å². The van der Waals surface area contributed by atoms with Gasteiger partial charge in [0.05, 0.1) is 14.2 Å². The zero-order valence-corrected chi connectivity index (χ0v) is 12.4. The molecule has 4 nitrogen and oxygen atoms in total. The molecule has 0 heterocycles. The van der Waals surface area contributed by atoms with Gasteiger partial charge in [0.15, 0.2) is 0 Å². The minimum absolute atomic E-state index is 0.106. The molecule has 0 saturated heterocycles. The highest BCUT2D eigenvalue weighted by Crippen LogP contribution is 2.11. The first-order chi connectivity index (χ1) is 9.20. The van der Waals surface area contributed by atoms with Crippen LogP contribution in [-0.4, -0.2) is 26.2 Å². The Morgan fingerprint density at radius 3 is 1.11 bits per heavy atom. The molecule has 4 heteroatoms. The monoisotopic (exact) mass is 272 g/mol. The van der Waals surface area contributed by atoms with E-state index < -0.39 is 0 Å². The summed E-state index contributed by atoms with van der Waals surface area (Å²) in [4.78, 5) is 21.7. The molecule has 0 aromatic carbocycles. The first-order valence-corrected chi connectivity index (χ1v) is 7.34. The number of rotatable bonds is 12. The lowest BCUT2D eigenvalue weighted by atomic mass is 10.1. The van der Waals surface area contributed by atoms with Crippen molar-refractivity contribution in [1.82, 2.24) is 0 Å². The predicted octanol–water partition coefficient (Wildman–Crippen LogP) is 3.62. The largest absolute Gasteiger partial charge is 0.469 e. The third kappa shape index (κ3) is 13.2. The van der Waals surface area contributed by atoms with Crippen molar-refractivity contribution in [3.05, 3.63) is 0 Å². The van der Waals surface area contributed by atoms with E-state index in [-0.39, 0.29) is 11.9 Å². The molecular weight excluding hydrogens is 244 g/mol. The number of esters is 2. The average Bonchev–Trinajstić information content (AvgIpc) is 2.43. The van der Waals surface area contributed by atoms with Crippen LogP contribution in [0, 0.1) is 0 Å². The van der Waals surface area contributed by atoms with Gasteiger partial charge in [-0.1, -0.05) is 44.9 Å². The molecular formula is C15H28O4. The quantitative estimate of drug-likeness (QED) is 0.402. The van der Waals surface area contributed by atoms with Crippen molar-refractivity contribution in [2.24, 2.45) is 0 Å². The molecule has 0 aromatic rings. The summed E-state index contributed by atoms with van der Waals surface area (Å²) in [6.45, 7) is 0. The van der Waals surface area contributed by atoms with Gasteiger partial charge in [-0.3, -0.25) is 9.59 Å².